The van der Waals surface area contributed by atoms with Crippen LogP contribution in [-0.2, 0) is 12.7 Å². The predicted molar refractivity (Wildman–Crippen MR) is 108 cm³/mol. The van der Waals surface area contributed by atoms with E-state index in [1.165, 1.54) is 18.3 Å². The van der Waals surface area contributed by atoms with Gasteiger partial charge >= 0.3 is 6.18 Å². The fraction of sp³-hybridized carbons (Fsp3) is 0.524. The van der Waals surface area contributed by atoms with Gasteiger partial charge in [0.05, 0.1) is 18.5 Å². The maximum Gasteiger partial charge on any atom is 0.437 e. The summed E-state index contributed by atoms with van der Waals surface area (Å²) in [6.45, 7) is 0.840. The summed E-state index contributed by atoms with van der Waals surface area (Å²) >= 11 is 0. The van der Waals surface area contributed by atoms with Crippen LogP contribution in [0.1, 0.15) is 31.4 Å². The van der Waals surface area contributed by atoms with Crippen LogP contribution >= 0.6 is 0 Å². The normalized spacial score (nSPS) is 18.8. The van der Waals surface area contributed by atoms with Gasteiger partial charge in [-0.05, 0) is 43.2 Å². The SMILES string of the molecule is FC(F)Cn1ncc2ncc(N3CCC4(CC3)CC(Oc3cccnc3C(F)(F)F)C4)nc21. The average Bonchev–Trinajstić information content (AvgIpc) is 3.14. The molecule has 5 rings (SSSR count). The largest absolute Gasteiger partial charge is 0.488 e. The molecular weight excluding hydrogens is 447 g/mol. The summed E-state index contributed by atoms with van der Waals surface area (Å²) < 4.78 is 71.7. The van der Waals surface area contributed by atoms with Gasteiger partial charge in [-0.25, -0.2) is 28.4 Å². The van der Waals surface area contributed by atoms with E-state index >= 15 is 0 Å². The molecule has 0 aromatic carbocycles. The van der Waals surface area contributed by atoms with E-state index in [0.29, 0.717) is 42.9 Å². The molecule has 12 heteroatoms. The van der Waals surface area contributed by atoms with Crippen LogP contribution in [0.25, 0.3) is 11.2 Å². The van der Waals surface area contributed by atoms with Crippen molar-refractivity contribution in [2.24, 2.45) is 5.41 Å². The first kappa shape index (κ1) is 21.8. The minimum atomic E-state index is -4.56. The molecule has 2 fully saturated rings. The minimum absolute atomic E-state index is 0.0246. The van der Waals surface area contributed by atoms with Crippen molar-refractivity contribution in [2.75, 3.05) is 18.0 Å². The van der Waals surface area contributed by atoms with Gasteiger partial charge in [-0.1, -0.05) is 0 Å². The number of aromatic nitrogens is 5. The van der Waals surface area contributed by atoms with Crippen molar-refractivity contribution in [2.45, 2.75) is 50.9 Å². The van der Waals surface area contributed by atoms with Crippen LogP contribution in [0.4, 0.5) is 27.8 Å². The van der Waals surface area contributed by atoms with Gasteiger partial charge in [0.1, 0.15) is 17.9 Å². The van der Waals surface area contributed by atoms with Crippen molar-refractivity contribution in [1.82, 2.24) is 24.7 Å². The van der Waals surface area contributed by atoms with E-state index in [9.17, 15) is 22.0 Å². The lowest BCUT2D eigenvalue weighted by molar-refractivity contribution is -0.144. The maximum absolute atomic E-state index is 13.1. The lowest BCUT2D eigenvalue weighted by atomic mass is 9.61. The van der Waals surface area contributed by atoms with E-state index in [1.807, 2.05) is 0 Å². The number of ether oxygens (including phenoxy) is 1. The number of fused-ring (bicyclic) bond motifs is 1. The number of nitrogens with zero attached hydrogens (tertiary/aromatic N) is 6. The van der Waals surface area contributed by atoms with Gasteiger partial charge in [-0.2, -0.15) is 18.3 Å². The third kappa shape index (κ3) is 4.30. The van der Waals surface area contributed by atoms with Gasteiger partial charge in [0.25, 0.3) is 6.43 Å². The third-order valence-electron chi connectivity index (χ3n) is 6.45. The van der Waals surface area contributed by atoms with Gasteiger partial charge in [0.15, 0.2) is 17.1 Å². The number of rotatable bonds is 5. The number of piperidine rings is 1. The molecule has 33 heavy (non-hydrogen) atoms. The Bertz CT molecular complexity index is 1130. The highest BCUT2D eigenvalue weighted by molar-refractivity contribution is 5.71. The monoisotopic (exact) mass is 468 g/mol. The molecule has 1 aliphatic heterocycles. The molecule has 0 amide bonds. The molecule has 176 valence electrons. The molecule has 3 aromatic heterocycles. The summed E-state index contributed by atoms with van der Waals surface area (Å²) in [4.78, 5) is 14.3. The first-order valence-electron chi connectivity index (χ1n) is 10.6. The van der Waals surface area contributed by atoms with E-state index in [-0.39, 0.29) is 17.3 Å². The van der Waals surface area contributed by atoms with Gasteiger partial charge < -0.3 is 9.64 Å². The standard InChI is InChI=1S/C21H21F5N6O/c22-16(23)12-32-19-14(10-29-32)28-11-17(30-19)31-6-3-20(4-7-31)8-13(9-20)33-15-2-1-5-27-18(15)21(24,25)26/h1-2,5,10-11,13,16H,3-4,6-9,12H2. The second-order valence-corrected chi connectivity index (χ2v) is 8.64. The quantitative estimate of drug-likeness (QED) is 0.519. The first-order valence-corrected chi connectivity index (χ1v) is 10.6. The van der Waals surface area contributed by atoms with Gasteiger partial charge in [-0.15, -0.1) is 0 Å². The smallest absolute Gasteiger partial charge is 0.437 e. The first-order chi connectivity index (χ1) is 15.7. The van der Waals surface area contributed by atoms with Crippen LogP contribution in [0, 0.1) is 5.41 Å². The minimum Gasteiger partial charge on any atom is -0.488 e. The Morgan fingerprint density at radius 2 is 1.88 bits per heavy atom. The summed E-state index contributed by atoms with van der Waals surface area (Å²) in [5, 5.41) is 3.94. The third-order valence-corrected chi connectivity index (χ3v) is 6.45. The molecule has 0 unspecified atom stereocenters. The second kappa shape index (κ2) is 8.07. The summed E-state index contributed by atoms with van der Waals surface area (Å²) in [5.41, 5.74) is -0.194. The fourth-order valence-corrected chi connectivity index (χ4v) is 4.74. The van der Waals surface area contributed by atoms with Gasteiger partial charge in [-0.3, -0.25) is 0 Å². The Hall–Kier alpha value is -3.05. The van der Waals surface area contributed by atoms with Crippen molar-refractivity contribution in [3.05, 3.63) is 36.4 Å². The van der Waals surface area contributed by atoms with E-state index < -0.39 is 24.8 Å². The van der Waals surface area contributed by atoms with Crippen molar-refractivity contribution < 1.29 is 26.7 Å². The zero-order chi connectivity index (χ0) is 23.2. The molecule has 7 nitrogen and oxygen atoms in total. The number of pyridine rings is 1. The zero-order valence-corrected chi connectivity index (χ0v) is 17.5. The highest BCUT2D eigenvalue weighted by atomic mass is 19.4. The van der Waals surface area contributed by atoms with Crippen LogP contribution in [0.5, 0.6) is 5.75 Å². The number of halogens is 5. The van der Waals surface area contributed by atoms with E-state index in [0.717, 1.165) is 23.7 Å². The number of anilines is 1. The number of alkyl halides is 5. The molecule has 0 bridgehead atoms. The van der Waals surface area contributed by atoms with Crippen molar-refractivity contribution in [3.63, 3.8) is 0 Å². The van der Waals surface area contributed by atoms with Gasteiger partial charge in [0, 0.05) is 19.3 Å². The topological polar surface area (TPSA) is 69.0 Å². The summed E-state index contributed by atoms with van der Waals surface area (Å²) in [7, 11) is 0. The molecule has 0 radical (unpaired) electrons. The molecule has 1 saturated heterocycles. The second-order valence-electron chi connectivity index (χ2n) is 8.64. The Balaban J connectivity index is 1.21. The lowest BCUT2D eigenvalue weighted by Gasteiger charge is -2.51. The summed E-state index contributed by atoms with van der Waals surface area (Å²) in [6, 6.07) is 2.74. The zero-order valence-electron chi connectivity index (χ0n) is 17.5. The van der Waals surface area contributed by atoms with Crippen LogP contribution in [0.3, 0.4) is 0 Å². The Kier molecular flexibility index (Phi) is 5.32. The molecule has 0 atom stereocenters. The van der Waals surface area contributed by atoms with Crippen LogP contribution in [-0.4, -0.2) is 50.4 Å². The highest BCUT2D eigenvalue weighted by Crippen LogP contribution is 2.51. The van der Waals surface area contributed by atoms with Crippen molar-refractivity contribution in [3.8, 4) is 5.75 Å². The molecular formula is C21H21F5N6O. The number of hydrogen-bond acceptors (Lipinski definition) is 6. The maximum atomic E-state index is 13.1. The Morgan fingerprint density at radius 1 is 1.12 bits per heavy atom. The Morgan fingerprint density at radius 3 is 2.58 bits per heavy atom. The van der Waals surface area contributed by atoms with Gasteiger partial charge in [0.2, 0.25) is 0 Å². The summed E-state index contributed by atoms with van der Waals surface area (Å²) in [5.74, 6) is 0.372. The highest BCUT2D eigenvalue weighted by Gasteiger charge is 2.48. The van der Waals surface area contributed by atoms with E-state index in [2.05, 4.69) is 25.0 Å². The number of hydrogen-bond donors (Lipinski definition) is 0. The molecule has 1 aliphatic carbocycles. The fourth-order valence-electron chi connectivity index (χ4n) is 4.74. The van der Waals surface area contributed by atoms with Crippen LogP contribution in [0.2, 0.25) is 0 Å². The van der Waals surface area contributed by atoms with Crippen molar-refractivity contribution >= 4 is 17.0 Å². The Labute approximate surface area is 185 Å². The van der Waals surface area contributed by atoms with E-state index in [4.69, 9.17) is 4.74 Å². The molecule has 2 aliphatic rings. The molecule has 0 N–H and O–H groups in total. The van der Waals surface area contributed by atoms with E-state index in [1.54, 1.807) is 6.20 Å². The summed E-state index contributed by atoms with van der Waals surface area (Å²) in [6.07, 6.45) is -0.210. The lowest BCUT2D eigenvalue weighted by Crippen LogP contribution is -2.51. The average molecular weight is 468 g/mol. The molecule has 1 spiro atoms. The molecule has 1 saturated carbocycles. The molecule has 3 aromatic rings. The van der Waals surface area contributed by atoms with Crippen molar-refractivity contribution in [1.29, 1.82) is 0 Å². The predicted octanol–water partition coefficient (Wildman–Crippen LogP) is 4.33. The molecule has 4 heterocycles. The van der Waals surface area contributed by atoms with Crippen LogP contribution < -0.4 is 9.64 Å². The van der Waals surface area contributed by atoms with Crippen LogP contribution in [0.15, 0.2) is 30.7 Å².